The molecule has 0 amide bonds. The first-order chi connectivity index (χ1) is 9.26. The Bertz CT molecular complexity index is 456. The molecule has 3 rings (SSSR count). The molecule has 6 heteroatoms. The first-order valence-corrected chi connectivity index (χ1v) is 7.15. The zero-order chi connectivity index (χ0) is 13.2. The van der Waals surface area contributed by atoms with Gasteiger partial charge in [-0.2, -0.15) is 0 Å². The lowest BCUT2D eigenvalue weighted by atomic mass is 10.1. The van der Waals surface area contributed by atoms with Crippen LogP contribution in [0.2, 0.25) is 5.15 Å². The molecule has 1 aromatic heterocycles. The zero-order valence-corrected chi connectivity index (χ0v) is 11.9. The number of hydrogen-bond acceptors (Lipinski definition) is 5. The topological polar surface area (TPSA) is 41.5 Å². The molecule has 2 aliphatic rings. The number of nitrogens with zero attached hydrogens (tertiary/aromatic N) is 4. The highest BCUT2D eigenvalue weighted by molar-refractivity contribution is 6.29. The molecule has 5 nitrogen and oxygen atoms in total. The smallest absolute Gasteiger partial charge is 0.158 e. The van der Waals surface area contributed by atoms with Crippen LogP contribution in [-0.2, 0) is 11.3 Å². The lowest BCUT2D eigenvalue weighted by Gasteiger charge is -2.38. The summed E-state index contributed by atoms with van der Waals surface area (Å²) < 4.78 is 5.08. The molecule has 0 bridgehead atoms. The molecule has 1 atom stereocenters. The van der Waals surface area contributed by atoms with Crippen LogP contribution in [0.1, 0.15) is 18.7 Å². The first-order valence-electron chi connectivity index (χ1n) is 6.77. The van der Waals surface area contributed by atoms with Gasteiger partial charge in [0.1, 0.15) is 17.6 Å². The minimum Gasteiger partial charge on any atom is -0.377 e. The Hall–Kier alpha value is -0.910. The second kappa shape index (κ2) is 5.61. The summed E-state index contributed by atoms with van der Waals surface area (Å²) in [7, 11) is 1.64. The van der Waals surface area contributed by atoms with Gasteiger partial charge in [-0.05, 0) is 19.4 Å². The summed E-state index contributed by atoms with van der Waals surface area (Å²) >= 11 is 6.07. The van der Waals surface area contributed by atoms with E-state index < -0.39 is 0 Å². The Morgan fingerprint density at radius 1 is 1.37 bits per heavy atom. The molecule has 0 spiro atoms. The Morgan fingerprint density at radius 2 is 2.26 bits per heavy atom. The average molecular weight is 283 g/mol. The number of rotatable bonds is 3. The van der Waals surface area contributed by atoms with Crippen molar-refractivity contribution < 1.29 is 4.74 Å². The van der Waals surface area contributed by atoms with Crippen LogP contribution in [0.3, 0.4) is 0 Å². The molecule has 2 fully saturated rings. The van der Waals surface area contributed by atoms with Crippen LogP contribution < -0.4 is 4.90 Å². The van der Waals surface area contributed by atoms with E-state index in [-0.39, 0.29) is 0 Å². The summed E-state index contributed by atoms with van der Waals surface area (Å²) in [5.74, 6) is 1.58. The van der Waals surface area contributed by atoms with E-state index in [1.807, 2.05) is 6.07 Å². The van der Waals surface area contributed by atoms with Crippen LogP contribution in [0.5, 0.6) is 0 Å². The minimum atomic E-state index is 0.400. The first kappa shape index (κ1) is 13.1. The molecular weight excluding hydrogens is 264 g/mol. The Morgan fingerprint density at radius 3 is 3.11 bits per heavy atom. The fourth-order valence-corrected chi connectivity index (χ4v) is 3.20. The highest BCUT2D eigenvalue weighted by atomic mass is 35.5. The quantitative estimate of drug-likeness (QED) is 0.787. The summed E-state index contributed by atoms with van der Waals surface area (Å²) in [5, 5.41) is 0.492. The Labute approximate surface area is 118 Å². The standard InChI is InChI=1S/C13H19ClN4O/c1-19-9-12-15-11(14)7-13(16-12)18-6-5-17-4-2-3-10(17)8-18/h7,10H,2-6,8-9H2,1H3. The predicted molar refractivity (Wildman–Crippen MR) is 74.6 cm³/mol. The van der Waals surface area contributed by atoms with Crippen molar-refractivity contribution in [1.82, 2.24) is 14.9 Å². The molecule has 1 unspecified atom stereocenters. The van der Waals surface area contributed by atoms with E-state index in [9.17, 15) is 0 Å². The van der Waals surface area contributed by atoms with Gasteiger partial charge in [-0.15, -0.1) is 0 Å². The van der Waals surface area contributed by atoms with Gasteiger partial charge < -0.3 is 9.64 Å². The van der Waals surface area contributed by atoms with Gasteiger partial charge in [0.05, 0.1) is 0 Å². The van der Waals surface area contributed by atoms with Gasteiger partial charge in [-0.3, -0.25) is 4.90 Å². The maximum atomic E-state index is 6.07. The van der Waals surface area contributed by atoms with Gasteiger partial charge in [0.25, 0.3) is 0 Å². The third-order valence-corrected chi connectivity index (χ3v) is 4.11. The molecule has 0 radical (unpaired) electrons. The molecule has 0 N–H and O–H groups in total. The third-order valence-electron chi connectivity index (χ3n) is 3.91. The lowest BCUT2D eigenvalue weighted by Crippen LogP contribution is -2.50. The molecule has 3 heterocycles. The van der Waals surface area contributed by atoms with Crippen LogP contribution in [0.25, 0.3) is 0 Å². The predicted octanol–water partition coefficient (Wildman–Crippen LogP) is 1.56. The van der Waals surface area contributed by atoms with E-state index in [1.54, 1.807) is 7.11 Å². The minimum absolute atomic E-state index is 0.400. The van der Waals surface area contributed by atoms with E-state index in [0.29, 0.717) is 23.6 Å². The van der Waals surface area contributed by atoms with E-state index in [2.05, 4.69) is 19.8 Å². The van der Waals surface area contributed by atoms with Gasteiger partial charge in [-0.1, -0.05) is 11.6 Å². The molecule has 19 heavy (non-hydrogen) atoms. The van der Waals surface area contributed by atoms with Gasteiger partial charge in [0.2, 0.25) is 0 Å². The Balaban J connectivity index is 1.77. The number of hydrogen-bond donors (Lipinski definition) is 0. The normalized spacial score (nSPS) is 23.7. The Kier molecular flexibility index (Phi) is 3.86. The van der Waals surface area contributed by atoms with Crippen LogP contribution in [0, 0.1) is 0 Å². The fraction of sp³-hybridized carbons (Fsp3) is 0.692. The number of piperazine rings is 1. The molecule has 0 aliphatic carbocycles. The van der Waals surface area contributed by atoms with E-state index in [0.717, 1.165) is 25.5 Å². The van der Waals surface area contributed by atoms with Crippen molar-refractivity contribution in [2.75, 3.05) is 38.2 Å². The summed E-state index contributed by atoms with van der Waals surface area (Å²) in [6, 6.07) is 2.53. The molecule has 104 valence electrons. The van der Waals surface area contributed by atoms with Gasteiger partial charge in [0, 0.05) is 38.9 Å². The number of fused-ring (bicyclic) bond motifs is 1. The maximum absolute atomic E-state index is 6.07. The largest absolute Gasteiger partial charge is 0.377 e. The molecule has 2 aliphatic heterocycles. The van der Waals surface area contributed by atoms with Crippen molar-refractivity contribution >= 4 is 17.4 Å². The second-order valence-corrected chi connectivity index (χ2v) is 5.56. The van der Waals surface area contributed by atoms with Crippen molar-refractivity contribution in [3.8, 4) is 0 Å². The summed E-state index contributed by atoms with van der Waals surface area (Å²) in [6.07, 6.45) is 2.61. The van der Waals surface area contributed by atoms with Crippen LogP contribution >= 0.6 is 11.6 Å². The van der Waals surface area contributed by atoms with E-state index in [4.69, 9.17) is 16.3 Å². The molecule has 0 aromatic carbocycles. The monoisotopic (exact) mass is 282 g/mol. The fourth-order valence-electron chi connectivity index (χ4n) is 3.01. The van der Waals surface area contributed by atoms with E-state index >= 15 is 0 Å². The van der Waals surface area contributed by atoms with Crippen LogP contribution in [0.15, 0.2) is 6.07 Å². The molecule has 1 aromatic rings. The number of methoxy groups -OCH3 is 1. The van der Waals surface area contributed by atoms with Crippen molar-refractivity contribution in [3.05, 3.63) is 17.0 Å². The number of ether oxygens (including phenoxy) is 1. The summed E-state index contributed by atoms with van der Waals surface area (Å²) in [6.45, 7) is 4.82. The van der Waals surface area contributed by atoms with Crippen molar-refractivity contribution in [2.45, 2.75) is 25.5 Å². The third kappa shape index (κ3) is 2.83. The van der Waals surface area contributed by atoms with E-state index in [1.165, 1.54) is 19.4 Å². The van der Waals surface area contributed by atoms with Crippen molar-refractivity contribution in [3.63, 3.8) is 0 Å². The average Bonchev–Trinajstić information content (AvgIpc) is 2.85. The van der Waals surface area contributed by atoms with Gasteiger partial charge in [-0.25, -0.2) is 9.97 Å². The summed E-state index contributed by atoms with van der Waals surface area (Å²) in [4.78, 5) is 13.6. The van der Waals surface area contributed by atoms with Crippen LogP contribution in [0.4, 0.5) is 5.82 Å². The molecule has 2 saturated heterocycles. The summed E-state index contributed by atoms with van der Waals surface area (Å²) in [5.41, 5.74) is 0. The molecule has 0 saturated carbocycles. The van der Waals surface area contributed by atoms with Crippen molar-refractivity contribution in [2.24, 2.45) is 0 Å². The van der Waals surface area contributed by atoms with Gasteiger partial charge in [0.15, 0.2) is 5.82 Å². The number of aromatic nitrogens is 2. The zero-order valence-electron chi connectivity index (χ0n) is 11.2. The lowest BCUT2D eigenvalue weighted by molar-refractivity contribution is 0.177. The van der Waals surface area contributed by atoms with Crippen LogP contribution in [-0.4, -0.2) is 54.2 Å². The number of halogens is 1. The maximum Gasteiger partial charge on any atom is 0.158 e. The highest BCUT2D eigenvalue weighted by Crippen LogP contribution is 2.25. The number of anilines is 1. The van der Waals surface area contributed by atoms with Crippen molar-refractivity contribution in [1.29, 1.82) is 0 Å². The molecular formula is C13H19ClN4O. The van der Waals surface area contributed by atoms with Gasteiger partial charge >= 0.3 is 0 Å². The SMILES string of the molecule is COCc1nc(Cl)cc(N2CCN3CCCC3C2)n1. The second-order valence-electron chi connectivity index (χ2n) is 5.18. The highest BCUT2D eigenvalue weighted by Gasteiger charge is 2.31.